The highest BCUT2D eigenvalue weighted by atomic mass is 14.0. The summed E-state index contributed by atoms with van der Waals surface area (Å²) in [5.74, 6) is 0. The van der Waals surface area contributed by atoms with Gasteiger partial charge in [-0.2, -0.15) is 0 Å². The molecule has 0 heteroatoms. The summed E-state index contributed by atoms with van der Waals surface area (Å²) < 4.78 is 0. The second kappa shape index (κ2) is 3.11. The first-order chi connectivity index (χ1) is 5.97. The van der Waals surface area contributed by atoms with E-state index in [2.05, 4.69) is 11.5 Å². The Labute approximate surface area is 71.9 Å². The van der Waals surface area contributed by atoms with Crippen LogP contribution in [0, 0.1) is 0 Å². The Morgan fingerprint density at radius 1 is 0.667 bits per heavy atom. The first-order valence-corrected chi connectivity index (χ1v) is 3.90. The molecule has 0 nitrogen and oxygen atoms in total. The Bertz CT molecular complexity index is 399. The molecule has 2 aliphatic rings. The molecule has 56 valence electrons. The monoisotopic (exact) mass is 152 g/mol. The van der Waals surface area contributed by atoms with Gasteiger partial charge in [-0.15, -0.1) is 11.5 Å². The van der Waals surface area contributed by atoms with Crippen LogP contribution in [0.25, 0.3) is 0 Å². The van der Waals surface area contributed by atoms with Crippen LogP contribution < -0.4 is 0 Å². The van der Waals surface area contributed by atoms with Gasteiger partial charge in [-0.1, -0.05) is 24.3 Å². The van der Waals surface area contributed by atoms with Gasteiger partial charge in [-0.25, -0.2) is 0 Å². The maximum absolute atomic E-state index is 3.17. The number of hydrogen-bond donors (Lipinski definition) is 0. The van der Waals surface area contributed by atoms with Crippen LogP contribution in [0.5, 0.6) is 0 Å². The van der Waals surface area contributed by atoms with Gasteiger partial charge in [0.2, 0.25) is 0 Å². The molecule has 0 aliphatic heterocycles. The third kappa shape index (κ3) is 1.31. The lowest BCUT2D eigenvalue weighted by Gasteiger charge is -1.92. The van der Waals surface area contributed by atoms with Gasteiger partial charge in [-0.3, -0.25) is 0 Å². The van der Waals surface area contributed by atoms with Crippen molar-refractivity contribution in [2.75, 3.05) is 0 Å². The number of allylic oxidation sites excluding steroid dienone is 8. The van der Waals surface area contributed by atoms with Crippen LogP contribution in [-0.4, -0.2) is 0 Å². The van der Waals surface area contributed by atoms with Crippen LogP contribution in [0.3, 0.4) is 0 Å². The maximum Gasteiger partial charge on any atom is 0.0315 e. The fourth-order valence-electron chi connectivity index (χ4n) is 1.12. The first-order valence-electron chi connectivity index (χ1n) is 3.90. The SMILES string of the molecule is C1=CC=CC=1C1=C=CC=CC=C1. The molecular formula is C12H8. The lowest BCUT2D eigenvalue weighted by Crippen LogP contribution is -1.75. The quantitative estimate of drug-likeness (QED) is 0.507. The normalized spacial score (nSPS) is 18.0. The molecule has 0 saturated carbocycles. The highest BCUT2D eigenvalue weighted by molar-refractivity contribution is 5.50. The van der Waals surface area contributed by atoms with Crippen molar-refractivity contribution in [1.29, 1.82) is 0 Å². The fraction of sp³-hybridized carbons (Fsp3) is 0. The highest BCUT2D eigenvalue weighted by Gasteiger charge is 1.98. The molecule has 0 unspecified atom stereocenters. The molecule has 0 spiro atoms. The maximum atomic E-state index is 3.17. The molecule has 0 aromatic heterocycles. The lowest BCUT2D eigenvalue weighted by molar-refractivity contribution is 1.60. The molecule has 12 heavy (non-hydrogen) atoms. The third-order valence-corrected chi connectivity index (χ3v) is 1.71. The summed E-state index contributed by atoms with van der Waals surface area (Å²) in [6.45, 7) is 0. The Morgan fingerprint density at radius 2 is 1.33 bits per heavy atom. The Morgan fingerprint density at radius 3 is 2.00 bits per heavy atom. The van der Waals surface area contributed by atoms with Gasteiger partial charge in [-0.05, 0) is 24.3 Å². The van der Waals surface area contributed by atoms with Crippen molar-refractivity contribution in [1.82, 2.24) is 0 Å². The summed E-state index contributed by atoms with van der Waals surface area (Å²) in [5.41, 5.74) is 8.50. The minimum atomic E-state index is 1.09. The second-order valence-electron chi connectivity index (χ2n) is 2.55. The molecular weight excluding hydrogens is 144 g/mol. The van der Waals surface area contributed by atoms with Crippen LogP contribution in [-0.2, 0) is 0 Å². The van der Waals surface area contributed by atoms with E-state index in [-0.39, 0.29) is 0 Å². The van der Waals surface area contributed by atoms with Gasteiger partial charge in [0.15, 0.2) is 0 Å². The van der Waals surface area contributed by atoms with E-state index in [9.17, 15) is 0 Å². The van der Waals surface area contributed by atoms with Gasteiger partial charge in [0.05, 0.1) is 0 Å². The van der Waals surface area contributed by atoms with Crippen LogP contribution in [0.15, 0.2) is 71.2 Å². The summed E-state index contributed by atoms with van der Waals surface area (Å²) in [7, 11) is 0. The predicted molar refractivity (Wildman–Crippen MR) is 50.6 cm³/mol. The van der Waals surface area contributed by atoms with Gasteiger partial charge in [0, 0.05) is 11.1 Å². The van der Waals surface area contributed by atoms with Crippen LogP contribution in [0.2, 0.25) is 0 Å². The Balaban J connectivity index is 2.43. The average Bonchev–Trinajstić information content (AvgIpc) is 2.48. The molecule has 0 N–H and O–H groups in total. The van der Waals surface area contributed by atoms with E-state index in [1.807, 2.05) is 48.6 Å². The number of rotatable bonds is 1. The second-order valence-corrected chi connectivity index (χ2v) is 2.55. The molecule has 0 aromatic rings. The van der Waals surface area contributed by atoms with Crippen molar-refractivity contribution in [3.63, 3.8) is 0 Å². The predicted octanol–water partition coefficient (Wildman–Crippen LogP) is 2.85. The minimum Gasteiger partial charge on any atom is -0.112 e. The summed E-state index contributed by atoms with van der Waals surface area (Å²) >= 11 is 0. The fourth-order valence-corrected chi connectivity index (χ4v) is 1.12. The van der Waals surface area contributed by atoms with Crippen LogP contribution >= 0.6 is 0 Å². The van der Waals surface area contributed by atoms with E-state index in [0.29, 0.717) is 0 Å². The largest absolute Gasteiger partial charge is 0.112 e. The van der Waals surface area contributed by atoms with Crippen LogP contribution in [0.4, 0.5) is 0 Å². The van der Waals surface area contributed by atoms with E-state index in [1.54, 1.807) is 0 Å². The molecule has 0 bridgehead atoms. The molecule has 0 radical (unpaired) electrons. The molecule has 0 aromatic carbocycles. The van der Waals surface area contributed by atoms with Crippen molar-refractivity contribution < 1.29 is 0 Å². The summed E-state index contributed by atoms with van der Waals surface area (Å²) in [4.78, 5) is 0. The Hall–Kier alpha value is -1.74. The van der Waals surface area contributed by atoms with Crippen LogP contribution in [0.1, 0.15) is 0 Å². The molecule has 0 amide bonds. The molecule has 0 saturated heterocycles. The van der Waals surface area contributed by atoms with Gasteiger partial charge in [0.25, 0.3) is 0 Å². The van der Waals surface area contributed by atoms with Crippen molar-refractivity contribution in [3.8, 4) is 0 Å². The first kappa shape index (κ1) is 6.94. The zero-order chi connectivity index (χ0) is 8.23. The molecule has 0 atom stereocenters. The average molecular weight is 152 g/mol. The van der Waals surface area contributed by atoms with Crippen molar-refractivity contribution in [2.45, 2.75) is 0 Å². The molecule has 2 aliphatic carbocycles. The van der Waals surface area contributed by atoms with Crippen molar-refractivity contribution in [2.24, 2.45) is 0 Å². The smallest absolute Gasteiger partial charge is 0.0315 e. The van der Waals surface area contributed by atoms with Gasteiger partial charge >= 0.3 is 0 Å². The minimum absolute atomic E-state index is 1.09. The third-order valence-electron chi connectivity index (χ3n) is 1.71. The summed E-state index contributed by atoms with van der Waals surface area (Å²) in [6.07, 6.45) is 15.8. The van der Waals surface area contributed by atoms with Crippen molar-refractivity contribution in [3.05, 3.63) is 71.2 Å². The van der Waals surface area contributed by atoms with E-state index in [0.717, 1.165) is 11.1 Å². The Kier molecular flexibility index (Phi) is 1.80. The van der Waals surface area contributed by atoms with E-state index < -0.39 is 0 Å². The van der Waals surface area contributed by atoms with E-state index in [4.69, 9.17) is 0 Å². The van der Waals surface area contributed by atoms with Gasteiger partial charge in [0.1, 0.15) is 0 Å². The summed E-state index contributed by atoms with van der Waals surface area (Å²) in [6, 6.07) is 0. The highest BCUT2D eigenvalue weighted by Crippen LogP contribution is 2.15. The van der Waals surface area contributed by atoms with Crippen molar-refractivity contribution >= 4 is 0 Å². The standard InChI is InChI=1S/C12H8/c1-2-4-8-11(7-3-1)12-9-5-6-10-12/h1-7,9H. The zero-order valence-corrected chi connectivity index (χ0v) is 6.62. The summed E-state index contributed by atoms with van der Waals surface area (Å²) in [5, 5.41) is 0. The molecule has 0 fully saturated rings. The molecule has 0 heterocycles. The molecule has 2 rings (SSSR count). The zero-order valence-electron chi connectivity index (χ0n) is 6.62. The topological polar surface area (TPSA) is 0 Å². The van der Waals surface area contributed by atoms with E-state index in [1.165, 1.54) is 0 Å². The lowest BCUT2D eigenvalue weighted by atomic mass is 10.1. The number of hydrogen-bond acceptors (Lipinski definition) is 0. The van der Waals surface area contributed by atoms with Gasteiger partial charge < -0.3 is 0 Å². The van der Waals surface area contributed by atoms with E-state index >= 15 is 0 Å².